The molecule has 1 saturated carbocycles. The topological polar surface area (TPSA) is 81.6 Å². The second kappa shape index (κ2) is 6.68. The summed E-state index contributed by atoms with van der Waals surface area (Å²) in [6.45, 7) is 1.81. The molecule has 0 aromatic carbocycles. The summed E-state index contributed by atoms with van der Waals surface area (Å²) in [7, 11) is 3.98. The Balaban J connectivity index is 1.61. The quantitative estimate of drug-likeness (QED) is 0.830. The van der Waals surface area contributed by atoms with Crippen LogP contribution in [0.25, 0.3) is 0 Å². The molecule has 1 spiro atoms. The number of carboxylic acids is 1. The van der Waals surface area contributed by atoms with Crippen molar-refractivity contribution in [3.05, 3.63) is 11.3 Å². The molecule has 0 bridgehead atoms. The molecular weight excluding hydrogens is 330 g/mol. The van der Waals surface area contributed by atoms with E-state index in [1.54, 1.807) is 0 Å². The van der Waals surface area contributed by atoms with Gasteiger partial charge in [-0.25, -0.2) is 4.98 Å². The maximum Gasteiger partial charge on any atom is 0.317 e. The number of carbonyl (C=O) groups is 1. The largest absolute Gasteiger partial charge is 0.480 e. The zero-order valence-corrected chi connectivity index (χ0v) is 15.8. The molecule has 0 amide bonds. The number of aromatic nitrogens is 2. The average Bonchev–Trinajstić information content (AvgIpc) is 2.91. The van der Waals surface area contributed by atoms with Crippen LogP contribution in [0.2, 0.25) is 0 Å². The fourth-order valence-electron chi connectivity index (χ4n) is 4.51. The van der Waals surface area contributed by atoms with Gasteiger partial charge in [0, 0.05) is 31.1 Å². The molecule has 1 aromatic heterocycles. The van der Waals surface area contributed by atoms with E-state index >= 15 is 0 Å². The van der Waals surface area contributed by atoms with Gasteiger partial charge in [-0.1, -0.05) is 0 Å². The van der Waals surface area contributed by atoms with Crippen LogP contribution in [-0.4, -0.2) is 65.7 Å². The molecule has 3 aliphatic rings. The van der Waals surface area contributed by atoms with E-state index < -0.39 is 5.97 Å². The lowest BCUT2D eigenvalue weighted by molar-refractivity contribution is -0.138. The molecule has 4 rings (SSSR count). The summed E-state index contributed by atoms with van der Waals surface area (Å²) >= 11 is 0. The Kier molecular flexibility index (Phi) is 4.50. The van der Waals surface area contributed by atoms with E-state index in [1.165, 1.54) is 30.5 Å². The third-order valence-corrected chi connectivity index (χ3v) is 6.37. The molecule has 7 heteroatoms. The molecule has 1 saturated heterocycles. The van der Waals surface area contributed by atoms with Gasteiger partial charge in [-0.05, 0) is 58.0 Å². The van der Waals surface area contributed by atoms with Crippen molar-refractivity contribution < 1.29 is 9.90 Å². The van der Waals surface area contributed by atoms with Gasteiger partial charge in [0.2, 0.25) is 5.95 Å². The Morgan fingerprint density at radius 2 is 2.00 bits per heavy atom. The van der Waals surface area contributed by atoms with Crippen molar-refractivity contribution in [2.24, 2.45) is 0 Å². The van der Waals surface area contributed by atoms with Gasteiger partial charge in [-0.15, -0.1) is 0 Å². The summed E-state index contributed by atoms with van der Waals surface area (Å²) < 4.78 is 0. The molecule has 0 unspecified atom stereocenters. The number of aliphatic carboxylic acids is 1. The molecule has 2 fully saturated rings. The van der Waals surface area contributed by atoms with Crippen LogP contribution in [0, 0.1) is 0 Å². The van der Waals surface area contributed by atoms with Crippen LogP contribution in [-0.2, 0) is 16.6 Å². The van der Waals surface area contributed by atoms with Crippen LogP contribution in [0.4, 0.5) is 11.8 Å². The Morgan fingerprint density at radius 3 is 2.58 bits per heavy atom. The van der Waals surface area contributed by atoms with Crippen LogP contribution < -0.4 is 10.2 Å². The van der Waals surface area contributed by atoms with Gasteiger partial charge in [0.05, 0.1) is 12.2 Å². The second-order valence-electron chi connectivity index (χ2n) is 8.32. The highest BCUT2D eigenvalue weighted by Crippen LogP contribution is 2.47. The maximum atomic E-state index is 11.0. The number of likely N-dealkylation sites (tertiary alicyclic amines) is 1. The van der Waals surface area contributed by atoms with E-state index in [1.807, 2.05) is 23.9 Å². The molecule has 0 radical (unpaired) electrons. The van der Waals surface area contributed by atoms with Gasteiger partial charge in [0.15, 0.2) is 0 Å². The lowest BCUT2D eigenvalue weighted by Crippen LogP contribution is -2.44. The van der Waals surface area contributed by atoms with Gasteiger partial charge in [-0.3, -0.25) is 9.69 Å². The molecule has 26 heavy (non-hydrogen) atoms. The SMILES string of the molecule is CN(C)c1nc(NC2CCC2)c2c(n1)C1(CC2)CCN(CC(=O)O)CC1. The van der Waals surface area contributed by atoms with Gasteiger partial charge < -0.3 is 15.3 Å². The molecule has 1 aliphatic heterocycles. The average molecular weight is 359 g/mol. The highest BCUT2D eigenvalue weighted by Gasteiger charge is 2.44. The van der Waals surface area contributed by atoms with Crippen molar-refractivity contribution in [2.45, 2.75) is 56.4 Å². The third kappa shape index (κ3) is 3.13. The van der Waals surface area contributed by atoms with Crippen LogP contribution >= 0.6 is 0 Å². The lowest BCUT2D eigenvalue weighted by atomic mass is 9.76. The van der Waals surface area contributed by atoms with E-state index in [4.69, 9.17) is 15.1 Å². The fourth-order valence-corrected chi connectivity index (χ4v) is 4.51. The molecule has 7 nitrogen and oxygen atoms in total. The zero-order valence-electron chi connectivity index (χ0n) is 15.8. The zero-order chi connectivity index (χ0) is 18.3. The monoisotopic (exact) mass is 359 g/mol. The number of carboxylic acid groups (broad SMARTS) is 1. The standard InChI is InChI=1S/C19H29N5O2/c1-23(2)18-21-16-14(17(22-18)20-13-4-3-5-13)6-7-19(16)8-10-24(11-9-19)12-15(25)26/h13H,3-12H2,1-2H3,(H,25,26)(H,20,21,22). The first kappa shape index (κ1) is 17.5. The number of rotatable bonds is 5. The Morgan fingerprint density at radius 1 is 1.27 bits per heavy atom. The number of fused-ring (bicyclic) bond motifs is 2. The molecule has 0 atom stereocenters. The predicted molar refractivity (Wildman–Crippen MR) is 101 cm³/mol. The fraction of sp³-hybridized carbons (Fsp3) is 0.737. The van der Waals surface area contributed by atoms with E-state index in [-0.39, 0.29) is 12.0 Å². The number of nitrogens with zero attached hydrogens (tertiary/aromatic N) is 4. The first-order chi connectivity index (χ1) is 12.5. The van der Waals surface area contributed by atoms with Gasteiger partial charge in [-0.2, -0.15) is 4.98 Å². The van der Waals surface area contributed by atoms with E-state index in [2.05, 4.69) is 5.32 Å². The van der Waals surface area contributed by atoms with Crippen LogP contribution in [0.3, 0.4) is 0 Å². The minimum atomic E-state index is -0.739. The first-order valence-electron chi connectivity index (χ1n) is 9.76. The Labute approximate surface area is 154 Å². The highest BCUT2D eigenvalue weighted by molar-refractivity contribution is 5.69. The normalized spacial score (nSPS) is 22.1. The Bertz CT molecular complexity index is 693. The summed E-state index contributed by atoms with van der Waals surface area (Å²) in [5.74, 6) is 1.07. The van der Waals surface area contributed by atoms with Gasteiger partial charge in [0.1, 0.15) is 5.82 Å². The summed E-state index contributed by atoms with van der Waals surface area (Å²) in [4.78, 5) is 24.8. The van der Waals surface area contributed by atoms with E-state index in [0.29, 0.717) is 6.04 Å². The van der Waals surface area contributed by atoms with Crippen molar-refractivity contribution >= 4 is 17.7 Å². The van der Waals surface area contributed by atoms with Gasteiger partial charge in [0.25, 0.3) is 0 Å². The van der Waals surface area contributed by atoms with Gasteiger partial charge >= 0.3 is 5.97 Å². The van der Waals surface area contributed by atoms with Crippen molar-refractivity contribution in [3.8, 4) is 0 Å². The molecular formula is C19H29N5O2. The maximum absolute atomic E-state index is 11.0. The summed E-state index contributed by atoms with van der Waals surface area (Å²) in [5.41, 5.74) is 2.61. The highest BCUT2D eigenvalue weighted by atomic mass is 16.4. The number of hydrogen-bond acceptors (Lipinski definition) is 6. The minimum absolute atomic E-state index is 0.0913. The first-order valence-corrected chi connectivity index (χ1v) is 9.76. The van der Waals surface area contributed by atoms with Crippen LogP contribution in [0.1, 0.15) is 49.8 Å². The molecule has 142 valence electrons. The number of piperidine rings is 1. The van der Waals surface area contributed by atoms with Crippen molar-refractivity contribution in [1.82, 2.24) is 14.9 Å². The van der Waals surface area contributed by atoms with E-state index in [0.717, 1.165) is 50.5 Å². The lowest BCUT2D eigenvalue weighted by Gasteiger charge is -2.39. The van der Waals surface area contributed by atoms with Crippen LogP contribution in [0.15, 0.2) is 0 Å². The van der Waals surface area contributed by atoms with Crippen molar-refractivity contribution in [2.75, 3.05) is 43.9 Å². The molecule has 2 N–H and O–H groups in total. The van der Waals surface area contributed by atoms with E-state index in [9.17, 15) is 4.79 Å². The molecule has 1 aromatic rings. The Hall–Kier alpha value is -1.89. The summed E-state index contributed by atoms with van der Waals surface area (Å²) in [6, 6.07) is 0.554. The predicted octanol–water partition coefficient (Wildman–Crippen LogP) is 1.87. The molecule has 2 heterocycles. The number of nitrogens with one attached hydrogen (secondary N) is 1. The summed E-state index contributed by atoms with van der Waals surface area (Å²) in [6.07, 6.45) is 7.86. The smallest absolute Gasteiger partial charge is 0.317 e. The molecule has 2 aliphatic carbocycles. The minimum Gasteiger partial charge on any atom is -0.480 e. The third-order valence-electron chi connectivity index (χ3n) is 6.37. The second-order valence-corrected chi connectivity index (χ2v) is 8.32. The van der Waals surface area contributed by atoms with Crippen molar-refractivity contribution in [3.63, 3.8) is 0 Å². The van der Waals surface area contributed by atoms with Crippen molar-refractivity contribution in [1.29, 1.82) is 0 Å². The summed E-state index contributed by atoms with van der Waals surface area (Å²) in [5, 5.41) is 12.7. The van der Waals surface area contributed by atoms with Crippen LogP contribution in [0.5, 0.6) is 0 Å². The number of anilines is 2. The number of hydrogen-bond donors (Lipinski definition) is 2.